The fraction of sp³-hybridized carbons (Fsp3) is 0.455. The van der Waals surface area contributed by atoms with E-state index in [1.54, 1.807) is 0 Å². The lowest BCUT2D eigenvalue weighted by Gasteiger charge is -2.41. The van der Waals surface area contributed by atoms with E-state index in [1.807, 2.05) is 12.1 Å². The van der Waals surface area contributed by atoms with Gasteiger partial charge in [0.15, 0.2) is 8.24 Å². The quantitative estimate of drug-likeness (QED) is 0.199. The molecule has 35 heavy (non-hydrogen) atoms. The number of benzene rings is 2. The van der Waals surface area contributed by atoms with Crippen molar-refractivity contribution in [3.8, 4) is 0 Å². The topological polar surface area (TPSA) is 141 Å². The van der Waals surface area contributed by atoms with Crippen LogP contribution in [0.15, 0.2) is 60.7 Å². The molecule has 13 heteroatoms. The van der Waals surface area contributed by atoms with Gasteiger partial charge in [-0.3, -0.25) is 18.1 Å². The SMILES string of the molecule is NCCN[Si](CCCNP1(=O)OCC2(COP(=O)(O)OC2)CO1)(c1ccccc1)c1ccccc1. The van der Waals surface area contributed by atoms with E-state index in [0.717, 1.165) is 12.5 Å². The first-order valence-corrected chi connectivity index (χ1v) is 16.9. The van der Waals surface area contributed by atoms with Crippen molar-refractivity contribution in [1.29, 1.82) is 0 Å². The largest absolute Gasteiger partial charge is 0.472 e. The summed E-state index contributed by atoms with van der Waals surface area (Å²) in [5.41, 5.74) is 5.12. The Morgan fingerprint density at radius 1 is 0.857 bits per heavy atom. The van der Waals surface area contributed by atoms with E-state index in [9.17, 15) is 14.0 Å². The zero-order valence-electron chi connectivity index (χ0n) is 19.5. The van der Waals surface area contributed by atoms with Crippen LogP contribution in [0.4, 0.5) is 0 Å². The third-order valence-electron chi connectivity index (χ3n) is 6.29. The van der Waals surface area contributed by atoms with Gasteiger partial charge >= 0.3 is 15.6 Å². The van der Waals surface area contributed by atoms with Crippen molar-refractivity contribution in [1.82, 2.24) is 10.1 Å². The van der Waals surface area contributed by atoms with Gasteiger partial charge in [0.05, 0.1) is 31.8 Å². The van der Waals surface area contributed by atoms with Crippen LogP contribution in [-0.4, -0.2) is 59.2 Å². The van der Waals surface area contributed by atoms with Crippen molar-refractivity contribution in [3.05, 3.63) is 60.7 Å². The van der Waals surface area contributed by atoms with Gasteiger partial charge in [-0.05, 0) is 22.8 Å². The first-order chi connectivity index (χ1) is 16.8. The van der Waals surface area contributed by atoms with Crippen LogP contribution in [0.25, 0.3) is 0 Å². The predicted octanol–water partition coefficient (Wildman–Crippen LogP) is 1.56. The van der Waals surface area contributed by atoms with Gasteiger partial charge in [-0.15, -0.1) is 0 Å². The van der Waals surface area contributed by atoms with Crippen LogP contribution < -0.4 is 26.2 Å². The number of phosphoric ester groups is 1. The molecule has 0 aliphatic carbocycles. The van der Waals surface area contributed by atoms with Crippen molar-refractivity contribution in [2.24, 2.45) is 11.1 Å². The van der Waals surface area contributed by atoms with Crippen molar-refractivity contribution < 1.29 is 32.1 Å². The second kappa shape index (κ2) is 11.5. The molecule has 1 spiro atoms. The molecule has 192 valence electrons. The van der Waals surface area contributed by atoms with Crippen LogP contribution in [0.1, 0.15) is 6.42 Å². The first kappa shape index (κ1) is 26.8. The van der Waals surface area contributed by atoms with Gasteiger partial charge in [0, 0.05) is 19.6 Å². The highest BCUT2D eigenvalue weighted by Gasteiger charge is 2.48. The molecule has 2 aromatic rings. The molecule has 2 aliphatic rings. The van der Waals surface area contributed by atoms with Gasteiger partial charge in [-0.1, -0.05) is 60.7 Å². The lowest BCUT2D eigenvalue weighted by Crippen LogP contribution is -2.69. The number of hydrogen-bond donors (Lipinski definition) is 4. The summed E-state index contributed by atoms with van der Waals surface area (Å²) < 4.78 is 45.4. The monoisotopic (exact) mass is 541 g/mol. The maximum Gasteiger partial charge on any atom is 0.472 e. The lowest BCUT2D eigenvalue weighted by atomic mass is 9.93. The van der Waals surface area contributed by atoms with Crippen molar-refractivity contribution in [3.63, 3.8) is 0 Å². The Bertz CT molecular complexity index is 998. The van der Waals surface area contributed by atoms with E-state index >= 15 is 0 Å². The normalized spacial score (nSPS) is 29.3. The predicted molar refractivity (Wildman–Crippen MR) is 136 cm³/mol. The average molecular weight is 542 g/mol. The van der Waals surface area contributed by atoms with Crippen LogP contribution in [0.3, 0.4) is 0 Å². The number of nitrogens with one attached hydrogen (secondary N) is 2. The third-order valence-corrected chi connectivity index (χ3v) is 13.3. The minimum absolute atomic E-state index is 0.0437. The number of phosphoric acid groups is 1. The molecule has 0 bridgehead atoms. The summed E-state index contributed by atoms with van der Waals surface area (Å²) >= 11 is 0. The smallest absolute Gasteiger partial charge is 0.329 e. The molecular formula is C22H33N3O7P2Si. The molecule has 0 unspecified atom stereocenters. The maximum absolute atomic E-state index is 13.1. The Kier molecular flexibility index (Phi) is 8.79. The standard InChI is InChI=1S/C22H33N3O7P2Si/c23-12-14-25-35(20-8-3-1-4-9-20,21-10-5-2-6-11-21)15-7-13-24-33(26)29-16-22(17-30-33)18-31-34(27,28)32-19-22/h1-6,8-11,25H,7,12-19,23H2,(H,24,26)(H,27,28). The highest BCUT2D eigenvalue weighted by molar-refractivity contribution is 7.51. The number of hydrogen-bond acceptors (Lipinski definition) is 8. The Labute approximate surface area is 206 Å². The zero-order valence-corrected chi connectivity index (χ0v) is 22.3. The molecule has 2 fully saturated rings. The summed E-state index contributed by atoms with van der Waals surface area (Å²) in [6.07, 6.45) is 0.731. The minimum atomic E-state index is -4.01. The first-order valence-electron chi connectivity index (χ1n) is 11.6. The average Bonchev–Trinajstić information content (AvgIpc) is 2.89. The second-order valence-electron chi connectivity index (χ2n) is 8.92. The molecule has 0 amide bonds. The van der Waals surface area contributed by atoms with Gasteiger partial charge in [0.25, 0.3) is 0 Å². The molecular weight excluding hydrogens is 508 g/mol. The molecule has 2 heterocycles. The molecule has 0 saturated carbocycles. The van der Waals surface area contributed by atoms with Gasteiger partial charge in [0.1, 0.15) is 0 Å². The molecule has 2 aromatic carbocycles. The lowest BCUT2D eigenvalue weighted by molar-refractivity contribution is -0.0802. The summed E-state index contributed by atoms with van der Waals surface area (Å²) in [5, 5.41) is 5.48. The fourth-order valence-electron chi connectivity index (χ4n) is 4.34. The van der Waals surface area contributed by atoms with E-state index in [-0.39, 0.29) is 26.4 Å². The fourth-order valence-corrected chi connectivity index (χ4v) is 11.2. The van der Waals surface area contributed by atoms with E-state index in [2.05, 4.69) is 58.6 Å². The Hall–Kier alpha value is -1.20. The van der Waals surface area contributed by atoms with Gasteiger partial charge in [-0.25, -0.2) is 14.2 Å². The highest BCUT2D eigenvalue weighted by atomic mass is 31.2. The molecule has 4 rings (SSSR count). The Balaban J connectivity index is 1.39. The Morgan fingerprint density at radius 2 is 1.37 bits per heavy atom. The summed E-state index contributed by atoms with van der Waals surface area (Å²) in [4.78, 5) is 13.2. The number of rotatable bonds is 10. The molecule has 5 N–H and O–H groups in total. The van der Waals surface area contributed by atoms with Crippen LogP contribution >= 0.6 is 15.6 Å². The van der Waals surface area contributed by atoms with Crippen LogP contribution in [0.5, 0.6) is 0 Å². The molecule has 10 nitrogen and oxygen atoms in total. The van der Waals surface area contributed by atoms with Crippen LogP contribution in [0, 0.1) is 5.41 Å². The Morgan fingerprint density at radius 3 is 1.89 bits per heavy atom. The van der Waals surface area contributed by atoms with Crippen molar-refractivity contribution in [2.45, 2.75) is 12.5 Å². The second-order valence-corrected chi connectivity index (χ2v) is 16.0. The van der Waals surface area contributed by atoms with Crippen molar-refractivity contribution >= 4 is 34.2 Å². The number of nitrogens with two attached hydrogens (primary N) is 1. The van der Waals surface area contributed by atoms with E-state index in [4.69, 9.17) is 23.8 Å². The molecule has 2 saturated heterocycles. The molecule has 0 atom stereocenters. The summed E-state index contributed by atoms with van der Waals surface area (Å²) in [6, 6.07) is 21.7. The molecule has 2 aliphatic heterocycles. The minimum Gasteiger partial charge on any atom is -0.329 e. The maximum atomic E-state index is 13.1. The highest BCUT2D eigenvalue weighted by Crippen LogP contribution is 2.55. The van der Waals surface area contributed by atoms with Gasteiger partial charge < -0.3 is 15.6 Å². The van der Waals surface area contributed by atoms with Crippen molar-refractivity contribution in [2.75, 3.05) is 46.1 Å². The molecule has 0 radical (unpaired) electrons. The van der Waals surface area contributed by atoms with Crippen LogP contribution in [0.2, 0.25) is 6.04 Å². The zero-order chi connectivity index (χ0) is 24.8. The summed E-state index contributed by atoms with van der Waals surface area (Å²) in [6.45, 7) is 1.63. The van der Waals surface area contributed by atoms with Gasteiger partial charge in [0.2, 0.25) is 0 Å². The van der Waals surface area contributed by atoms with Gasteiger partial charge in [-0.2, -0.15) is 0 Å². The van der Waals surface area contributed by atoms with E-state index < -0.39 is 29.2 Å². The van der Waals surface area contributed by atoms with Crippen LogP contribution in [-0.2, 0) is 27.2 Å². The van der Waals surface area contributed by atoms with E-state index in [0.29, 0.717) is 19.6 Å². The van der Waals surface area contributed by atoms with E-state index in [1.165, 1.54) is 10.4 Å². The summed E-state index contributed by atoms with van der Waals surface area (Å²) in [7, 11) is -9.87. The summed E-state index contributed by atoms with van der Waals surface area (Å²) in [5.74, 6) is 0. The third kappa shape index (κ3) is 6.57. The molecule has 0 aromatic heterocycles.